The van der Waals surface area contributed by atoms with Gasteiger partial charge >= 0.3 is 0 Å². The molecule has 0 saturated carbocycles. The lowest BCUT2D eigenvalue weighted by Crippen LogP contribution is -2.15. The number of halogens is 1. The lowest BCUT2D eigenvalue weighted by atomic mass is 10.2. The van der Waals surface area contributed by atoms with Crippen molar-refractivity contribution in [3.63, 3.8) is 0 Å². The average molecular weight is 353 g/mol. The molecule has 8 nitrogen and oxygen atoms in total. The monoisotopic (exact) mass is 352 g/mol. The number of nitrogens with two attached hydrogens (primary N) is 1. The van der Waals surface area contributed by atoms with E-state index in [1.165, 1.54) is 0 Å². The van der Waals surface area contributed by atoms with Gasteiger partial charge in [0.2, 0.25) is 5.88 Å². The summed E-state index contributed by atoms with van der Waals surface area (Å²) in [5, 5.41) is 22.3. The van der Waals surface area contributed by atoms with E-state index in [4.69, 9.17) is 15.7 Å². The second-order valence-electron chi connectivity index (χ2n) is 3.84. The number of nitrogens with zero attached hydrogens (tertiary/aromatic N) is 3. The molecule has 0 aliphatic rings. The number of benzene rings is 1. The summed E-state index contributed by atoms with van der Waals surface area (Å²) in [6, 6.07) is 7.97. The van der Waals surface area contributed by atoms with Crippen molar-refractivity contribution in [3.05, 3.63) is 56.7 Å². The molecule has 0 atom stereocenters. The zero-order valence-corrected chi connectivity index (χ0v) is 12.0. The zero-order valence-electron chi connectivity index (χ0n) is 10.4. The number of hydrogen-bond donors (Lipinski definition) is 2. The molecule has 21 heavy (non-hydrogen) atoms. The first-order chi connectivity index (χ1) is 10.0. The van der Waals surface area contributed by atoms with Crippen LogP contribution in [0.15, 0.2) is 46.2 Å². The van der Waals surface area contributed by atoms with Crippen LogP contribution >= 0.6 is 15.9 Å². The summed E-state index contributed by atoms with van der Waals surface area (Å²) in [5.74, 6) is 0.114. The molecule has 0 aliphatic heterocycles. The van der Waals surface area contributed by atoms with E-state index in [1.54, 1.807) is 24.3 Å². The summed E-state index contributed by atoms with van der Waals surface area (Å²) in [6.45, 7) is 0. The maximum Gasteiger partial charge on any atom is 0.288 e. The largest absolute Gasteiger partial charge is 0.438 e. The van der Waals surface area contributed by atoms with Gasteiger partial charge in [-0.1, -0.05) is 21.1 Å². The average Bonchev–Trinajstić information content (AvgIpc) is 2.49. The SMILES string of the molecule is NC(=NO)c1cc([N+](=O)[O-])cnc1Oc1ccc(Br)cc1. The van der Waals surface area contributed by atoms with E-state index in [2.05, 4.69) is 26.1 Å². The van der Waals surface area contributed by atoms with Crippen LogP contribution in [0.1, 0.15) is 5.56 Å². The molecule has 0 spiro atoms. The summed E-state index contributed by atoms with van der Waals surface area (Å²) >= 11 is 3.29. The van der Waals surface area contributed by atoms with E-state index in [-0.39, 0.29) is 23.0 Å². The summed E-state index contributed by atoms with van der Waals surface area (Å²) < 4.78 is 6.36. The zero-order chi connectivity index (χ0) is 15.4. The van der Waals surface area contributed by atoms with Crippen LogP contribution in [-0.4, -0.2) is 21.0 Å². The van der Waals surface area contributed by atoms with E-state index < -0.39 is 4.92 Å². The molecule has 2 rings (SSSR count). The Morgan fingerprint density at radius 2 is 2.10 bits per heavy atom. The molecule has 0 fully saturated rings. The van der Waals surface area contributed by atoms with Crippen molar-refractivity contribution < 1.29 is 14.9 Å². The van der Waals surface area contributed by atoms with Crippen molar-refractivity contribution in [3.8, 4) is 11.6 Å². The summed E-state index contributed by atoms with van der Waals surface area (Å²) in [5.41, 5.74) is 5.22. The number of pyridine rings is 1. The van der Waals surface area contributed by atoms with Gasteiger partial charge in [-0.25, -0.2) is 4.98 Å². The number of rotatable bonds is 4. The van der Waals surface area contributed by atoms with E-state index in [1.807, 2.05) is 0 Å². The highest BCUT2D eigenvalue weighted by Gasteiger charge is 2.17. The molecule has 1 aromatic heterocycles. The van der Waals surface area contributed by atoms with Crippen LogP contribution in [0.4, 0.5) is 5.69 Å². The van der Waals surface area contributed by atoms with E-state index in [0.29, 0.717) is 5.75 Å². The molecule has 1 heterocycles. The molecule has 0 aliphatic carbocycles. The van der Waals surface area contributed by atoms with Crippen molar-refractivity contribution in [2.45, 2.75) is 0 Å². The minimum atomic E-state index is -0.634. The van der Waals surface area contributed by atoms with Gasteiger partial charge in [-0.15, -0.1) is 0 Å². The maximum atomic E-state index is 10.7. The standard InChI is InChI=1S/C12H9BrN4O4/c13-7-1-3-9(4-2-7)21-12-10(11(14)16-18)5-8(6-15-12)17(19)20/h1-6,18H,(H2,14,16). The van der Waals surface area contributed by atoms with Gasteiger partial charge in [-0.3, -0.25) is 10.1 Å². The molecular weight excluding hydrogens is 344 g/mol. The second-order valence-corrected chi connectivity index (χ2v) is 4.76. The Labute approximate surface area is 127 Å². The first-order valence-corrected chi connectivity index (χ1v) is 6.36. The third kappa shape index (κ3) is 3.45. The fraction of sp³-hybridized carbons (Fsp3) is 0. The Morgan fingerprint density at radius 3 is 2.67 bits per heavy atom. The molecule has 3 N–H and O–H groups in total. The smallest absolute Gasteiger partial charge is 0.288 e. The van der Waals surface area contributed by atoms with Gasteiger partial charge in [0.05, 0.1) is 10.5 Å². The molecule has 2 aromatic rings. The van der Waals surface area contributed by atoms with Gasteiger partial charge in [-0.2, -0.15) is 0 Å². The maximum absolute atomic E-state index is 10.7. The predicted molar refractivity (Wildman–Crippen MR) is 77.6 cm³/mol. The molecule has 9 heteroatoms. The van der Waals surface area contributed by atoms with Crippen LogP contribution in [0.3, 0.4) is 0 Å². The van der Waals surface area contributed by atoms with E-state index in [9.17, 15) is 10.1 Å². The van der Waals surface area contributed by atoms with Crippen molar-refractivity contribution >= 4 is 27.5 Å². The van der Waals surface area contributed by atoms with Crippen molar-refractivity contribution in [1.29, 1.82) is 0 Å². The molecule has 0 unspecified atom stereocenters. The van der Waals surface area contributed by atoms with E-state index in [0.717, 1.165) is 16.7 Å². The predicted octanol–water partition coefficient (Wildman–Crippen LogP) is 2.64. The first kappa shape index (κ1) is 14.7. The molecule has 108 valence electrons. The van der Waals surface area contributed by atoms with Gasteiger partial charge < -0.3 is 15.7 Å². The second kappa shape index (κ2) is 6.18. The third-order valence-electron chi connectivity index (χ3n) is 2.46. The summed E-state index contributed by atoms with van der Waals surface area (Å²) in [6.07, 6.45) is 1.03. The van der Waals surface area contributed by atoms with E-state index >= 15 is 0 Å². The highest BCUT2D eigenvalue weighted by Crippen LogP contribution is 2.27. The summed E-state index contributed by atoms with van der Waals surface area (Å²) in [4.78, 5) is 14.0. The number of amidine groups is 1. The number of aromatic nitrogens is 1. The molecule has 0 saturated heterocycles. The molecule has 0 amide bonds. The minimum absolute atomic E-state index is 0.00165. The topological polar surface area (TPSA) is 124 Å². The Balaban J connectivity index is 2.42. The van der Waals surface area contributed by atoms with Gasteiger partial charge in [0.25, 0.3) is 5.69 Å². The van der Waals surface area contributed by atoms with Crippen LogP contribution in [0.5, 0.6) is 11.6 Å². The number of oxime groups is 1. The molecular formula is C12H9BrN4O4. The molecule has 1 aromatic carbocycles. The minimum Gasteiger partial charge on any atom is -0.438 e. The van der Waals surface area contributed by atoms with Crippen molar-refractivity contribution in [2.24, 2.45) is 10.9 Å². The lowest BCUT2D eigenvalue weighted by Gasteiger charge is -2.08. The van der Waals surface area contributed by atoms with Crippen molar-refractivity contribution in [1.82, 2.24) is 4.98 Å². The van der Waals surface area contributed by atoms with Crippen LogP contribution in [0.25, 0.3) is 0 Å². The van der Waals surface area contributed by atoms with Crippen LogP contribution < -0.4 is 10.5 Å². The van der Waals surface area contributed by atoms with Gasteiger partial charge in [0, 0.05) is 10.5 Å². The lowest BCUT2D eigenvalue weighted by molar-refractivity contribution is -0.385. The van der Waals surface area contributed by atoms with Gasteiger partial charge in [-0.05, 0) is 24.3 Å². The Hall–Kier alpha value is -2.68. The van der Waals surface area contributed by atoms with Crippen LogP contribution in [0, 0.1) is 10.1 Å². The van der Waals surface area contributed by atoms with Gasteiger partial charge in [0.15, 0.2) is 5.84 Å². The van der Waals surface area contributed by atoms with Crippen molar-refractivity contribution in [2.75, 3.05) is 0 Å². The fourth-order valence-corrected chi connectivity index (χ4v) is 1.74. The highest BCUT2D eigenvalue weighted by atomic mass is 79.9. The number of hydrogen-bond acceptors (Lipinski definition) is 6. The Morgan fingerprint density at radius 1 is 1.43 bits per heavy atom. The molecule has 0 radical (unpaired) electrons. The number of ether oxygens (including phenoxy) is 1. The number of nitro groups is 1. The Kier molecular flexibility index (Phi) is 4.33. The summed E-state index contributed by atoms with van der Waals surface area (Å²) in [7, 11) is 0. The highest BCUT2D eigenvalue weighted by molar-refractivity contribution is 9.10. The first-order valence-electron chi connectivity index (χ1n) is 5.57. The molecule has 0 bridgehead atoms. The fourth-order valence-electron chi connectivity index (χ4n) is 1.47. The Bertz CT molecular complexity index is 703. The van der Waals surface area contributed by atoms with Crippen LogP contribution in [-0.2, 0) is 0 Å². The quantitative estimate of drug-likeness (QED) is 0.286. The van der Waals surface area contributed by atoms with Crippen LogP contribution in [0.2, 0.25) is 0 Å². The normalized spacial score (nSPS) is 11.2. The van der Waals surface area contributed by atoms with Gasteiger partial charge in [0.1, 0.15) is 11.9 Å². The third-order valence-corrected chi connectivity index (χ3v) is 2.99.